The summed E-state index contributed by atoms with van der Waals surface area (Å²) < 4.78 is 5.40. The number of nitrogens with one attached hydrogen (secondary N) is 1. The van der Waals surface area contributed by atoms with E-state index in [1.54, 1.807) is 0 Å². The zero-order valence-corrected chi connectivity index (χ0v) is 12.6. The fraction of sp³-hybridized carbons (Fsp3) is 0.625. The number of allylic oxidation sites excluding steroid dienone is 4. The highest BCUT2D eigenvalue weighted by atomic mass is 16.5. The largest absolute Gasteiger partial charge is 0.379 e. The lowest BCUT2D eigenvalue weighted by Gasteiger charge is -2.33. The van der Waals surface area contributed by atoms with Gasteiger partial charge in [0, 0.05) is 25.7 Å². The van der Waals surface area contributed by atoms with Crippen molar-refractivity contribution in [1.82, 2.24) is 10.2 Å². The first kappa shape index (κ1) is 16.2. The molecule has 0 radical (unpaired) electrons. The maximum Gasteiger partial charge on any atom is 0.0594 e. The lowest BCUT2D eigenvalue weighted by molar-refractivity contribution is 0.0319. The monoisotopic (exact) mass is 264 g/mol. The highest BCUT2D eigenvalue weighted by Crippen LogP contribution is 2.17. The number of likely N-dealkylation sites (N-methyl/N-ethyl adjacent to an activating group) is 1. The topological polar surface area (TPSA) is 24.5 Å². The third kappa shape index (κ3) is 5.31. The fourth-order valence-corrected chi connectivity index (χ4v) is 2.41. The van der Waals surface area contributed by atoms with Crippen LogP contribution in [0.25, 0.3) is 0 Å². The molecule has 2 atom stereocenters. The molecule has 1 N–H and O–H groups in total. The Morgan fingerprint density at radius 1 is 1.42 bits per heavy atom. The summed E-state index contributed by atoms with van der Waals surface area (Å²) in [7, 11) is 2.04. The van der Waals surface area contributed by atoms with Crippen LogP contribution < -0.4 is 5.32 Å². The third-order valence-corrected chi connectivity index (χ3v) is 3.78. The summed E-state index contributed by atoms with van der Waals surface area (Å²) in [6, 6.07) is 0.438. The van der Waals surface area contributed by atoms with Crippen molar-refractivity contribution in [2.24, 2.45) is 5.92 Å². The van der Waals surface area contributed by atoms with Crippen LogP contribution in [-0.2, 0) is 4.74 Å². The molecule has 0 aliphatic carbocycles. The van der Waals surface area contributed by atoms with Crippen LogP contribution in [0.3, 0.4) is 0 Å². The number of hydrogen-bond acceptors (Lipinski definition) is 3. The van der Waals surface area contributed by atoms with Gasteiger partial charge in [-0.15, -0.1) is 0 Å². The van der Waals surface area contributed by atoms with E-state index >= 15 is 0 Å². The molecule has 1 saturated heterocycles. The van der Waals surface area contributed by atoms with E-state index < -0.39 is 0 Å². The Kier molecular flexibility index (Phi) is 7.72. The molecule has 0 saturated carbocycles. The summed E-state index contributed by atoms with van der Waals surface area (Å²) in [6.45, 7) is 13.1. The summed E-state index contributed by atoms with van der Waals surface area (Å²) in [4.78, 5) is 2.47. The van der Waals surface area contributed by atoms with Gasteiger partial charge in [-0.1, -0.05) is 37.8 Å². The molecule has 0 amide bonds. The highest BCUT2D eigenvalue weighted by Gasteiger charge is 2.21. The molecule has 3 heteroatoms. The second-order valence-electron chi connectivity index (χ2n) is 4.99. The molecule has 0 bridgehead atoms. The molecule has 108 valence electrons. The summed E-state index contributed by atoms with van der Waals surface area (Å²) >= 11 is 0. The molecule has 1 aliphatic rings. The van der Waals surface area contributed by atoms with Gasteiger partial charge in [0.15, 0.2) is 0 Å². The number of hydrogen-bond donors (Lipinski definition) is 1. The molecule has 1 aliphatic heterocycles. The van der Waals surface area contributed by atoms with E-state index in [9.17, 15) is 0 Å². The highest BCUT2D eigenvalue weighted by molar-refractivity contribution is 5.25. The van der Waals surface area contributed by atoms with E-state index in [4.69, 9.17) is 4.74 Å². The summed E-state index contributed by atoms with van der Waals surface area (Å²) in [5, 5.41) is 3.45. The molecule has 1 heterocycles. The quantitative estimate of drug-likeness (QED) is 0.714. The van der Waals surface area contributed by atoms with Crippen LogP contribution in [0.1, 0.15) is 13.8 Å². The molecule has 0 aromatic rings. The van der Waals surface area contributed by atoms with Crippen molar-refractivity contribution in [2.45, 2.75) is 19.9 Å². The van der Waals surface area contributed by atoms with Crippen molar-refractivity contribution in [2.75, 3.05) is 39.9 Å². The Balaban J connectivity index is 2.63. The van der Waals surface area contributed by atoms with Crippen molar-refractivity contribution in [3.05, 3.63) is 36.5 Å². The smallest absolute Gasteiger partial charge is 0.0594 e. The van der Waals surface area contributed by atoms with Gasteiger partial charge in [0.25, 0.3) is 0 Å². The van der Waals surface area contributed by atoms with Crippen molar-refractivity contribution in [3.63, 3.8) is 0 Å². The van der Waals surface area contributed by atoms with Crippen molar-refractivity contribution in [1.29, 1.82) is 0 Å². The predicted molar refractivity (Wildman–Crippen MR) is 82.4 cm³/mol. The van der Waals surface area contributed by atoms with Crippen LogP contribution in [-0.4, -0.2) is 50.8 Å². The van der Waals surface area contributed by atoms with Crippen LogP contribution in [0.5, 0.6) is 0 Å². The first-order chi connectivity index (χ1) is 9.22. The molecular weight excluding hydrogens is 236 g/mol. The lowest BCUT2D eigenvalue weighted by atomic mass is 9.92. The zero-order chi connectivity index (χ0) is 14.1. The van der Waals surface area contributed by atoms with E-state index in [-0.39, 0.29) is 0 Å². The van der Waals surface area contributed by atoms with Gasteiger partial charge in [-0.05, 0) is 25.5 Å². The predicted octanol–water partition coefficient (Wildman–Crippen LogP) is 2.23. The Hall–Kier alpha value is -0.900. The standard InChI is InChI=1S/C16H28N2O/c1-5-7-8-15(6-2)14(3)16(17-4)13-18-9-11-19-12-10-18/h5-8,14,16-17H,2,9-13H2,1,3-4H3/b7-5-,15-8+. The molecule has 0 aromatic heterocycles. The van der Waals surface area contributed by atoms with Gasteiger partial charge in [0.1, 0.15) is 0 Å². The van der Waals surface area contributed by atoms with Gasteiger partial charge < -0.3 is 10.1 Å². The van der Waals surface area contributed by atoms with Crippen LogP contribution in [0.2, 0.25) is 0 Å². The van der Waals surface area contributed by atoms with Crippen molar-refractivity contribution < 1.29 is 4.74 Å². The van der Waals surface area contributed by atoms with Gasteiger partial charge in [-0.25, -0.2) is 0 Å². The molecule has 19 heavy (non-hydrogen) atoms. The van der Waals surface area contributed by atoms with Gasteiger partial charge in [0.05, 0.1) is 13.2 Å². The third-order valence-electron chi connectivity index (χ3n) is 3.78. The number of ether oxygens (including phenoxy) is 1. The minimum absolute atomic E-state index is 0.438. The Morgan fingerprint density at radius 3 is 2.63 bits per heavy atom. The van der Waals surface area contributed by atoms with Gasteiger partial charge in [0.2, 0.25) is 0 Å². The van der Waals surface area contributed by atoms with E-state index in [1.807, 2.05) is 26.1 Å². The number of nitrogens with zero attached hydrogens (tertiary/aromatic N) is 1. The second-order valence-corrected chi connectivity index (χ2v) is 4.99. The Morgan fingerprint density at radius 2 is 2.11 bits per heavy atom. The van der Waals surface area contributed by atoms with Crippen LogP contribution in [0.4, 0.5) is 0 Å². The molecule has 0 aromatic carbocycles. The molecule has 3 nitrogen and oxygen atoms in total. The first-order valence-corrected chi connectivity index (χ1v) is 7.15. The Labute approximate surface area is 118 Å². The molecular formula is C16H28N2O. The van der Waals surface area contributed by atoms with Gasteiger partial charge in [-0.3, -0.25) is 4.90 Å². The molecule has 2 unspecified atom stereocenters. The fourth-order valence-electron chi connectivity index (χ4n) is 2.41. The van der Waals surface area contributed by atoms with Gasteiger partial charge in [-0.2, -0.15) is 0 Å². The number of morpholine rings is 1. The minimum Gasteiger partial charge on any atom is -0.379 e. The summed E-state index contributed by atoms with van der Waals surface area (Å²) in [5.41, 5.74) is 1.28. The maximum absolute atomic E-state index is 5.40. The van der Waals surface area contributed by atoms with E-state index in [2.05, 4.69) is 35.9 Å². The average molecular weight is 264 g/mol. The average Bonchev–Trinajstić information content (AvgIpc) is 2.46. The van der Waals surface area contributed by atoms with E-state index in [1.165, 1.54) is 5.57 Å². The Bertz CT molecular complexity index is 317. The van der Waals surface area contributed by atoms with E-state index in [0.717, 1.165) is 32.8 Å². The van der Waals surface area contributed by atoms with Crippen LogP contribution >= 0.6 is 0 Å². The van der Waals surface area contributed by atoms with E-state index in [0.29, 0.717) is 12.0 Å². The van der Waals surface area contributed by atoms with Crippen LogP contribution in [0, 0.1) is 5.92 Å². The van der Waals surface area contributed by atoms with Crippen molar-refractivity contribution >= 4 is 0 Å². The van der Waals surface area contributed by atoms with Gasteiger partial charge >= 0.3 is 0 Å². The first-order valence-electron chi connectivity index (χ1n) is 7.15. The molecule has 1 rings (SSSR count). The molecule has 0 spiro atoms. The summed E-state index contributed by atoms with van der Waals surface area (Å²) in [6.07, 6.45) is 8.25. The minimum atomic E-state index is 0.438. The lowest BCUT2D eigenvalue weighted by Crippen LogP contribution is -2.47. The molecule has 1 fully saturated rings. The number of rotatable bonds is 7. The maximum atomic E-state index is 5.40. The zero-order valence-electron chi connectivity index (χ0n) is 12.6. The SMILES string of the molecule is C=C/C(=C\C=C/C)C(C)C(CN1CCOCC1)NC. The normalized spacial score (nSPS) is 21.5. The second kappa shape index (κ2) is 9.08. The van der Waals surface area contributed by atoms with Crippen LogP contribution in [0.15, 0.2) is 36.5 Å². The van der Waals surface area contributed by atoms with Crippen molar-refractivity contribution in [3.8, 4) is 0 Å². The summed E-state index contributed by atoms with van der Waals surface area (Å²) in [5.74, 6) is 0.446.